The average Bonchev–Trinajstić information content (AvgIpc) is 3.22. The van der Waals surface area contributed by atoms with Crippen LogP contribution in [0.25, 0.3) is 10.1 Å². The highest BCUT2D eigenvalue weighted by atomic mass is 32.1. The predicted molar refractivity (Wildman–Crippen MR) is 122 cm³/mol. The Hall–Kier alpha value is -2.77. The lowest BCUT2D eigenvalue weighted by molar-refractivity contribution is -0.143. The number of likely N-dealkylation sites (tertiary alicyclic amines) is 1. The third-order valence-electron chi connectivity index (χ3n) is 5.88. The van der Waals surface area contributed by atoms with Crippen LogP contribution >= 0.6 is 11.3 Å². The van der Waals surface area contributed by atoms with Gasteiger partial charge < -0.3 is 19.3 Å². The van der Waals surface area contributed by atoms with Gasteiger partial charge in [0, 0.05) is 16.1 Å². The van der Waals surface area contributed by atoms with Crippen molar-refractivity contribution >= 4 is 27.4 Å². The Morgan fingerprint density at radius 3 is 2.42 bits per heavy atom. The van der Waals surface area contributed by atoms with Gasteiger partial charge in [0.15, 0.2) is 11.5 Å². The van der Waals surface area contributed by atoms with E-state index >= 15 is 0 Å². The number of hydrogen-bond donors (Lipinski definition) is 1. The van der Waals surface area contributed by atoms with Gasteiger partial charge in [0.1, 0.15) is 0 Å². The van der Waals surface area contributed by atoms with E-state index in [0.717, 1.165) is 18.5 Å². The SMILES string of the molecule is COc1cc(C(c2cc3ccccc3s2)N2CCCC(C(=O)O)C2)cc(OC)c1OC. The zero-order valence-electron chi connectivity index (χ0n) is 18.0. The number of fused-ring (bicyclic) bond motifs is 1. The molecule has 1 aliphatic rings. The fourth-order valence-electron chi connectivity index (χ4n) is 4.39. The zero-order valence-corrected chi connectivity index (χ0v) is 18.8. The maximum absolute atomic E-state index is 11.7. The number of rotatable bonds is 7. The molecule has 0 radical (unpaired) electrons. The van der Waals surface area contributed by atoms with Crippen LogP contribution in [0.2, 0.25) is 0 Å². The van der Waals surface area contributed by atoms with Crippen LogP contribution in [0.15, 0.2) is 42.5 Å². The highest BCUT2D eigenvalue weighted by molar-refractivity contribution is 7.19. The van der Waals surface area contributed by atoms with Gasteiger partial charge in [-0.2, -0.15) is 0 Å². The number of thiophene rings is 1. The second-order valence-electron chi connectivity index (χ2n) is 7.72. The van der Waals surface area contributed by atoms with Crippen LogP contribution in [0.3, 0.4) is 0 Å². The van der Waals surface area contributed by atoms with Crippen LogP contribution in [0.4, 0.5) is 0 Å². The first-order valence-electron chi connectivity index (χ1n) is 10.3. The summed E-state index contributed by atoms with van der Waals surface area (Å²) in [6.07, 6.45) is 1.56. The number of hydrogen-bond acceptors (Lipinski definition) is 6. The average molecular weight is 442 g/mol. The number of ether oxygens (including phenoxy) is 3. The minimum atomic E-state index is -0.732. The molecule has 2 atom stereocenters. The van der Waals surface area contributed by atoms with E-state index in [1.54, 1.807) is 32.7 Å². The summed E-state index contributed by atoms with van der Waals surface area (Å²) in [5.41, 5.74) is 0.993. The lowest BCUT2D eigenvalue weighted by Crippen LogP contribution is -2.41. The third kappa shape index (κ3) is 4.20. The number of piperidine rings is 1. The molecule has 0 aliphatic carbocycles. The number of carboxylic acid groups (broad SMARTS) is 1. The smallest absolute Gasteiger partial charge is 0.307 e. The summed E-state index contributed by atoms with van der Waals surface area (Å²) >= 11 is 1.74. The second kappa shape index (κ2) is 9.16. The van der Waals surface area contributed by atoms with Crippen LogP contribution in [0.5, 0.6) is 17.2 Å². The van der Waals surface area contributed by atoms with E-state index in [-0.39, 0.29) is 12.0 Å². The summed E-state index contributed by atoms with van der Waals surface area (Å²) in [4.78, 5) is 15.2. The molecule has 0 bridgehead atoms. The molecular weight excluding hydrogens is 414 g/mol. The van der Waals surface area contributed by atoms with Crippen LogP contribution in [0, 0.1) is 5.92 Å². The lowest BCUT2D eigenvalue weighted by atomic mass is 9.93. The standard InChI is InChI=1S/C24H27NO5S/c1-28-18-11-17(12-19(29-2)23(18)30-3)22(25-10-6-8-16(14-25)24(26)27)21-13-15-7-4-5-9-20(15)31-21/h4-5,7,9,11-13,16,22H,6,8,10,14H2,1-3H3,(H,26,27). The summed E-state index contributed by atoms with van der Waals surface area (Å²) in [6, 6.07) is 14.4. The molecule has 0 amide bonds. The van der Waals surface area contributed by atoms with Crippen molar-refractivity contribution in [1.29, 1.82) is 0 Å². The maximum atomic E-state index is 11.7. The van der Waals surface area contributed by atoms with Gasteiger partial charge in [-0.15, -0.1) is 11.3 Å². The van der Waals surface area contributed by atoms with Crippen molar-refractivity contribution in [3.05, 3.63) is 52.9 Å². The molecule has 3 aromatic rings. The van der Waals surface area contributed by atoms with Gasteiger partial charge in [0.2, 0.25) is 5.75 Å². The van der Waals surface area contributed by atoms with Gasteiger partial charge in [0.25, 0.3) is 0 Å². The van der Waals surface area contributed by atoms with Gasteiger partial charge in [-0.3, -0.25) is 9.69 Å². The number of aliphatic carboxylic acids is 1. The Labute approximate surface area is 186 Å². The summed E-state index contributed by atoms with van der Waals surface area (Å²) in [7, 11) is 4.80. The maximum Gasteiger partial charge on any atom is 0.307 e. The summed E-state index contributed by atoms with van der Waals surface area (Å²) in [5.74, 6) is 0.632. The normalized spacial score (nSPS) is 18.0. The fraction of sp³-hybridized carbons (Fsp3) is 0.375. The Kier molecular flexibility index (Phi) is 6.34. The lowest BCUT2D eigenvalue weighted by Gasteiger charge is -2.37. The Morgan fingerprint density at radius 1 is 1.10 bits per heavy atom. The second-order valence-corrected chi connectivity index (χ2v) is 8.84. The van der Waals surface area contributed by atoms with Gasteiger partial charge in [-0.05, 0) is 54.6 Å². The molecule has 0 saturated carbocycles. The van der Waals surface area contributed by atoms with E-state index in [4.69, 9.17) is 14.2 Å². The van der Waals surface area contributed by atoms with Crippen molar-refractivity contribution in [1.82, 2.24) is 4.90 Å². The fourth-order valence-corrected chi connectivity index (χ4v) is 5.62. The number of methoxy groups -OCH3 is 3. The Balaban J connectivity index is 1.85. The van der Waals surface area contributed by atoms with Gasteiger partial charge >= 0.3 is 5.97 Å². The molecule has 2 heterocycles. The van der Waals surface area contributed by atoms with E-state index < -0.39 is 5.97 Å². The number of benzene rings is 2. The van der Waals surface area contributed by atoms with Crippen LogP contribution < -0.4 is 14.2 Å². The van der Waals surface area contributed by atoms with E-state index in [1.807, 2.05) is 24.3 Å². The van der Waals surface area contributed by atoms with Gasteiger partial charge in [0.05, 0.1) is 33.3 Å². The molecule has 2 unspecified atom stereocenters. The molecule has 1 fully saturated rings. The monoisotopic (exact) mass is 441 g/mol. The van der Waals surface area contributed by atoms with Crippen molar-refractivity contribution in [3.63, 3.8) is 0 Å². The molecule has 2 aromatic carbocycles. The summed E-state index contributed by atoms with van der Waals surface area (Å²) in [6.45, 7) is 1.34. The minimum absolute atomic E-state index is 0.103. The molecule has 164 valence electrons. The first kappa shape index (κ1) is 21.5. The predicted octanol–water partition coefficient (Wildman–Crippen LogP) is 4.81. The highest BCUT2D eigenvalue weighted by Gasteiger charge is 2.33. The van der Waals surface area contributed by atoms with Crippen molar-refractivity contribution in [2.45, 2.75) is 18.9 Å². The molecule has 1 aliphatic heterocycles. The summed E-state index contributed by atoms with van der Waals surface area (Å²) in [5, 5.41) is 10.8. The number of carboxylic acids is 1. The third-order valence-corrected chi connectivity index (χ3v) is 7.05. The molecular formula is C24H27NO5S. The highest BCUT2D eigenvalue weighted by Crippen LogP contribution is 2.45. The van der Waals surface area contributed by atoms with Crippen LogP contribution in [-0.4, -0.2) is 50.4 Å². The molecule has 0 spiro atoms. The van der Waals surface area contributed by atoms with Gasteiger partial charge in [-0.1, -0.05) is 18.2 Å². The number of nitrogens with zero attached hydrogens (tertiary/aromatic N) is 1. The van der Waals surface area contributed by atoms with Crippen LogP contribution in [-0.2, 0) is 4.79 Å². The van der Waals surface area contributed by atoms with Crippen molar-refractivity contribution in [2.75, 3.05) is 34.4 Å². The largest absolute Gasteiger partial charge is 0.493 e. The summed E-state index contributed by atoms with van der Waals surface area (Å²) < 4.78 is 17.9. The van der Waals surface area contributed by atoms with Crippen molar-refractivity contribution in [3.8, 4) is 17.2 Å². The first-order chi connectivity index (χ1) is 15.0. The van der Waals surface area contributed by atoms with Crippen LogP contribution in [0.1, 0.15) is 29.3 Å². The van der Waals surface area contributed by atoms with E-state index in [0.29, 0.717) is 30.2 Å². The Bertz CT molecular complexity index is 1020. The molecule has 4 rings (SSSR count). The topological polar surface area (TPSA) is 68.2 Å². The molecule has 1 saturated heterocycles. The first-order valence-corrected chi connectivity index (χ1v) is 11.1. The van der Waals surface area contributed by atoms with Gasteiger partial charge in [-0.25, -0.2) is 0 Å². The van der Waals surface area contributed by atoms with Crippen molar-refractivity contribution < 1.29 is 24.1 Å². The quantitative estimate of drug-likeness (QED) is 0.567. The Morgan fingerprint density at radius 2 is 1.81 bits per heavy atom. The van der Waals surface area contributed by atoms with E-state index in [9.17, 15) is 9.90 Å². The molecule has 1 N–H and O–H groups in total. The molecule has 31 heavy (non-hydrogen) atoms. The number of carbonyl (C=O) groups is 1. The minimum Gasteiger partial charge on any atom is -0.493 e. The molecule has 1 aromatic heterocycles. The van der Waals surface area contributed by atoms with E-state index in [1.165, 1.54) is 15.0 Å². The molecule has 6 nitrogen and oxygen atoms in total. The van der Waals surface area contributed by atoms with E-state index in [2.05, 4.69) is 23.1 Å². The molecule has 7 heteroatoms. The zero-order chi connectivity index (χ0) is 22.0. The van der Waals surface area contributed by atoms with Crippen molar-refractivity contribution in [2.24, 2.45) is 5.92 Å².